The van der Waals surface area contributed by atoms with Crippen LogP contribution in [0, 0.1) is 0 Å². The number of esters is 1. The lowest BCUT2D eigenvalue weighted by molar-refractivity contribution is -0.139. The largest absolute Gasteiger partial charge is 0.494 e. The Morgan fingerprint density at radius 3 is 2.64 bits per heavy atom. The summed E-state index contributed by atoms with van der Waals surface area (Å²) >= 11 is 3.00. The number of anilines is 1. The third-order valence-corrected chi connectivity index (χ3v) is 8.21. The van der Waals surface area contributed by atoms with E-state index in [9.17, 15) is 4.79 Å². The van der Waals surface area contributed by atoms with Gasteiger partial charge in [-0.05, 0) is 41.5 Å². The van der Waals surface area contributed by atoms with E-state index < -0.39 is 12.0 Å². The number of nitrogens with one attached hydrogen (secondary N) is 1. The molecule has 1 aliphatic rings. The lowest BCUT2D eigenvalue weighted by Crippen LogP contribution is -2.31. The van der Waals surface area contributed by atoms with Crippen LogP contribution >= 0.6 is 23.1 Å². The Morgan fingerprint density at radius 2 is 1.87 bits per heavy atom. The van der Waals surface area contributed by atoms with Crippen LogP contribution in [0.15, 0.2) is 70.2 Å². The van der Waals surface area contributed by atoms with Gasteiger partial charge in [0.1, 0.15) is 16.8 Å². The highest BCUT2D eigenvalue weighted by molar-refractivity contribution is 8.01. The molecule has 202 valence electrons. The van der Waals surface area contributed by atoms with Crippen molar-refractivity contribution in [2.45, 2.75) is 43.5 Å². The van der Waals surface area contributed by atoms with Gasteiger partial charge in [0.25, 0.3) is 0 Å². The zero-order valence-corrected chi connectivity index (χ0v) is 23.4. The maximum Gasteiger partial charge on any atom is 0.338 e. The van der Waals surface area contributed by atoms with E-state index in [1.54, 1.807) is 11.6 Å². The SMILES string of the molecule is CCCCCOc1ccc(C2C(C(=O)OCC)=C(CSc3nnc(-c4ccccc4)s3)Nc3nnnn32)cc1. The van der Waals surface area contributed by atoms with Crippen molar-refractivity contribution in [3.05, 3.63) is 71.4 Å². The van der Waals surface area contributed by atoms with Crippen LogP contribution in [0.2, 0.25) is 0 Å². The number of tetrazole rings is 1. The molecule has 0 amide bonds. The molecule has 0 fully saturated rings. The third-order valence-electron chi connectivity index (χ3n) is 6.07. The molecule has 12 heteroatoms. The number of aromatic nitrogens is 6. The summed E-state index contributed by atoms with van der Waals surface area (Å²) in [6, 6.07) is 17.1. The minimum absolute atomic E-state index is 0.249. The van der Waals surface area contributed by atoms with Crippen molar-refractivity contribution in [1.82, 2.24) is 30.4 Å². The highest BCUT2D eigenvalue weighted by Crippen LogP contribution is 2.38. The van der Waals surface area contributed by atoms with E-state index in [4.69, 9.17) is 9.47 Å². The Kier molecular flexibility index (Phi) is 8.84. The maximum atomic E-state index is 13.3. The summed E-state index contributed by atoms with van der Waals surface area (Å²) in [6.45, 7) is 4.87. The van der Waals surface area contributed by atoms with Crippen LogP contribution in [0.5, 0.6) is 5.75 Å². The summed E-state index contributed by atoms with van der Waals surface area (Å²) in [4.78, 5) is 13.3. The molecule has 10 nitrogen and oxygen atoms in total. The van der Waals surface area contributed by atoms with Gasteiger partial charge >= 0.3 is 5.97 Å². The highest BCUT2D eigenvalue weighted by atomic mass is 32.2. The second kappa shape index (κ2) is 12.9. The van der Waals surface area contributed by atoms with Gasteiger partial charge in [-0.25, -0.2) is 4.79 Å². The number of fused-ring (bicyclic) bond motifs is 1. The summed E-state index contributed by atoms with van der Waals surface area (Å²) in [7, 11) is 0. The van der Waals surface area contributed by atoms with E-state index in [-0.39, 0.29) is 6.61 Å². The van der Waals surface area contributed by atoms with Gasteiger partial charge in [-0.15, -0.1) is 10.2 Å². The predicted molar refractivity (Wildman–Crippen MR) is 151 cm³/mol. The van der Waals surface area contributed by atoms with E-state index in [0.717, 1.165) is 45.5 Å². The molecule has 1 aliphatic heterocycles. The fourth-order valence-corrected chi connectivity index (χ4v) is 6.02. The number of carbonyl (C=O) groups excluding carboxylic acids is 1. The van der Waals surface area contributed by atoms with Crippen molar-refractivity contribution >= 4 is 35.0 Å². The van der Waals surface area contributed by atoms with Crippen LogP contribution in [0.1, 0.15) is 44.7 Å². The number of nitrogens with zero attached hydrogens (tertiary/aromatic N) is 6. The number of ether oxygens (including phenoxy) is 2. The molecule has 4 aromatic rings. The summed E-state index contributed by atoms with van der Waals surface area (Å²) in [5.74, 6) is 1.24. The van der Waals surface area contributed by atoms with Gasteiger partial charge in [0.2, 0.25) is 5.95 Å². The number of hydrogen-bond donors (Lipinski definition) is 1. The Morgan fingerprint density at radius 1 is 1.05 bits per heavy atom. The fraction of sp³-hybridized carbons (Fsp3) is 0.333. The molecule has 5 rings (SSSR count). The summed E-state index contributed by atoms with van der Waals surface area (Å²) in [5.41, 5.74) is 2.98. The van der Waals surface area contributed by atoms with E-state index in [0.29, 0.717) is 29.6 Å². The lowest BCUT2D eigenvalue weighted by Gasteiger charge is -2.28. The van der Waals surface area contributed by atoms with Gasteiger partial charge in [0, 0.05) is 17.0 Å². The van der Waals surface area contributed by atoms with Gasteiger partial charge in [-0.1, -0.05) is 90.4 Å². The molecule has 3 heterocycles. The first-order valence-corrected chi connectivity index (χ1v) is 14.7. The molecule has 1 unspecified atom stereocenters. The summed E-state index contributed by atoms with van der Waals surface area (Å²) < 4.78 is 13.8. The Balaban J connectivity index is 1.42. The maximum absolute atomic E-state index is 13.3. The molecule has 39 heavy (non-hydrogen) atoms. The van der Waals surface area contributed by atoms with Crippen molar-refractivity contribution in [3.63, 3.8) is 0 Å². The second-order valence-corrected chi connectivity index (χ2v) is 10.9. The standard InChI is InChI=1S/C27H29N7O3S2/c1-3-5-9-16-37-20-14-12-18(13-15-20)23-22(25(35)36-4-2)21(28-26-30-32-33-34(23)26)17-38-27-31-29-24(39-27)19-10-7-6-8-11-19/h6-8,10-15,23H,3-5,9,16-17H2,1-2H3,(H,28,30,33). The minimum Gasteiger partial charge on any atom is -0.494 e. The second-order valence-electron chi connectivity index (χ2n) is 8.74. The summed E-state index contributed by atoms with van der Waals surface area (Å²) in [5, 5.41) is 24.9. The first-order valence-electron chi connectivity index (χ1n) is 12.9. The average Bonchev–Trinajstić information content (AvgIpc) is 3.64. The molecule has 2 aromatic heterocycles. The molecule has 2 aromatic carbocycles. The van der Waals surface area contributed by atoms with Gasteiger partial charge in [0.15, 0.2) is 4.34 Å². The normalized spacial score (nSPS) is 14.6. The van der Waals surface area contributed by atoms with Crippen LogP contribution in [0.3, 0.4) is 0 Å². The average molecular weight is 564 g/mol. The molecule has 0 aliphatic carbocycles. The molecule has 0 spiro atoms. The van der Waals surface area contributed by atoms with Crippen molar-refractivity contribution in [2.24, 2.45) is 0 Å². The number of benzene rings is 2. The van der Waals surface area contributed by atoms with Crippen LogP contribution in [-0.4, -0.2) is 55.3 Å². The predicted octanol–water partition coefficient (Wildman–Crippen LogP) is 5.39. The first kappa shape index (κ1) is 26.8. The Labute approximate surface area is 234 Å². The molecular weight excluding hydrogens is 534 g/mol. The number of rotatable bonds is 12. The van der Waals surface area contributed by atoms with Crippen molar-refractivity contribution in [3.8, 4) is 16.3 Å². The molecule has 0 saturated carbocycles. The number of thioether (sulfide) groups is 1. The molecule has 0 radical (unpaired) electrons. The lowest BCUT2D eigenvalue weighted by atomic mass is 9.95. The van der Waals surface area contributed by atoms with Gasteiger partial charge in [0.05, 0.1) is 18.8 Å². The molecule has 0 bridgehead atoms. The molecule has 0 saturated heterocycles. The highest BCUT2D eigenvalue weighted by Gasteiger charge is 2.36. The van der Waals surface area contributed by atoms with Crippen molar-refractivity contribution < 1.29 is 14.3 Å². The van der Waals surface area contributed by atoms with E-state index >= 15 is 0 Å². The number of unbranched alkanes of at least 4 members (excludes halogenated alkanes) is 2. The van der Waals surface area contributed by atoms with Crippen LogP contribution in [0.4, 0.5) is 5.95 Å². The van der Waals surface area contributed by atoms with Gasteiger partial charge in [-0.2, -0.15) is 4.68 Å². The van der Waals surface area contributed by atoms with Crippen molar-refractivity contribution in [1.29, 1.82) is 0 Å². The third kappa shape index (κ3) is 6.28. The fourth-order valence-electron chi connectivity index (χ4n) is 4.19. The minimum atomic E-state index is -0.561. The first-order chi connectivity index (χ1) is 19.2. The van der Waals surface area contributed by atoms with E-state index in [2.05, 4.69) is 38.0 Å². The van der Waals surface area contributed by atoms with Crippen LogP contribution in [0.25, 0.3) is 10.6 Å². The molecular formula is C27H29N7O3S2. The summed E-state index contributed by atoms with van der Waals surface area (Å²) in [6.07, 6.45) is 3.29. The van der Waals surface area contributed by atoms with Gasteiger partial charge in [-0.3, -0.25) is 0 Å². The smallest absolute Gasteiger partial charge is 0.338 e. The Bertz CT molecular complexity index is 1420. The molecule has 1 atom stereocenters. The van der Waals surface area contributed by atoms with E-state index in [1.807, 2.05) is 54.6 Å². The number of carbonyl (C=O) groups is 1. The van der Waals surface area contributed by atoms with Gasteiger partial charge < -0.3 is 14.8 Å². The topological polar surface area (TPSA) is 117 Å². The van der Waals surface area contributed by atoms with Crippen LogP contribution < -0.4 is 10.1 Å². The van der Waals surface area contributed by atoms with E-state index in [1.165, 1.54) is 23.1 Å². The molecule has 1 N–H and O–H groups in total. The monoisotopic (exact) mass is 563 g/mol. The number of hydrogen-bond acceptors (Lipinski definition) is 11. The Hall–Kier alpha value is -3.77. The van der Waals surface area contributed by atoms with Crippen molar-refractivity contribution in [2.75, 3.05) is 24.3 Å². The zero-order valence-electron chi connectivity index (χ0n) is 21.7. The quantitative estimate of drug-likeness (QED) is 0.137. The zero-order chi connectivity index (χ0) is 27.0. The van der Waals surface area contributed by atoms with Crippen LogP contribution in [-0.2, 0) is 9.53 Å².